The van der Waals surface area contributed by atoms with Crippen LogP contribution in [-0.4, -0.2) is 25.7 Å². The molecule has 178 valence electrons. The highest BCUT2D eigenvalue weighted by Crippen LogP contribution is 2.46. The second kappa shape index (κ2) is 9.72. The zero-order valence-corrected chi connectivity index (χ0v) is 20.8. The van der Waals surface area contributed by atoms with Gasteiger partial charge < -0.3 is 19.5 Å². The van der Waals surface area contributed by atoms with E-state index in [9.17, 15) is 9.59 Å². The number of rotatable bonds is 5. The van der Waals surface area contributed by atoms with Crippen LogP contribution in [-0.2, 0) is 19.1 Å². The summed E-state index contributed by atoms with van der Waals surface area (Å²) in [5.41, 5.74) is 4.55. The number of dihydropyridines is 1. The van der Waals surface area contributed by atoms with Gasteiger partial charge in [-0.15, -0.1) is 0 Å². The number of esters is 2. The van der Waals surface area contributed by atoms with Crippen molar-refractivity contribution in [1.29, 1.82) is 0 Å². The minimum absolute atomic E-state index is 0.221. The molecule has 0 saturated carbocycles. The fourth-order valence-electron chi connectivity index (χ4n) is 4.53. The summed E-state index contributed by atoms with van der Waals surface area (Å²) in [4.78, 5) is 26.4. The van der Waals surface area contributed by atoms with Gasteiger partial charge in [-0.2, -0.15) is 0 Å². The number of aryl methyl sites for hydroxylation is 1. The van der Waals surface area contributed by atoms with Crippen molar-refractivity contribution in [3.8, 4) is 5.75 Å². The van der Waals surface area contributed by atoms with E-state index in [4.69, 9.17) is 37.4 Å². The fourth-order valence-corrected chi connectivity index (χ4v) is 4.96. The fraction of sp³-hybridized carbons (Fsp3) is 0.308. The van der Waals surface area contributed by atoms with Crippen LogP contribution in [0.1, 0.15) is 49.0 Å². The number of cyclic esters (lactones) is 1. The Hall–Kier alpha value is -2.96. The Balaban J connectivity index is 1.81. The van der Waals surface area contributed by atoms with E-state index in [2.05, 4.69) is 5.32 Å². The van der Waals surface area contributed by atoms with Gasteiger partial charge in [-0.3, -0.25) is 0 Å². The van der Waals surface area contributed by atoms with E-state index in [-0.39, 0.29) is 6.61 Å². The van der Waals surface area contributed by atoms with Crippen LogP contribution in [0.3, 0.4) is 0 Å². The van der Waals surface area contributed by atoms with Gasteiger partial charge in [0.05, 0.1) is 35.8 Å². The number of benzene rings is 2. The van der Waals surface area contributed by atoms with E-state index in [1.807, 2.05) is 32.0 Å². The molecule has 2 heterocycles. The summed E-state index contributed by atoms with van der Waals surface area (Å²) in [6.07, 6.45) is -0.128. The van der Waals surface area contributed by atoms with Gasteiger partial charge in [0.15, 0.2) is 0 Å². The van der Waals surface area contributed by atoms with Crippen LogP contribution >= 0.6 is 23.2 Å². The maximum Gasteiger partial charge on any atom is 0.337 e. The molecule has 0 radical (unpaired) electrons. The van der Waals surface area contributed by atoms with E-state index < -0.39 is 24.0 Å². The van der Waals surface area contributed by atoms with E-state index in [0.717, 1.165) is 16.7 Å². The van der Waals surface area contributed by atoms with Crippen LogP contribution in [0.2, 0.25) is 10.0 Å². The van der Waals surface area contributed by atoms with Gasteiger partial charge in [0.2, 0.25) is 0 Å². The largest absolute Gasteiger partial charge is 0.495 e. The molecule has 0 aromatic heterocycles. The first-order valence-electron chi connectivity index (χ1n) is 10.9. The monoisotopic (exact) mass is 501 g/mol. The Labute approximate surface area is 208 Å². The van der Waals surface area contributed by atoms with Crippen molar-refractivity contribution in [2.75, 3.05) is 13.7 Å². The molecule has 0 fully saturated rings. The lowest BCUT2D eigenvalue weighted by molar-refractivity contribution is -0.146. The molecule has 0 spiro atoms. The summed E-state index contributed by atoms with van der Waals surface area (Å²) in [5.74, 6) is -1.11. The molecule has 4 rings (SSSR count). The quantitative estimate of drug-likeness (QED) is 0.523. The SMILES string of the molecule is CCOC(=O)C1=C(C)NC2=C(C(=O)OC(c3ccc(Cl)c(OC)c3)C2)C1c1ccc(Cl)cc1C. The van der Waals surface area contributed by atoms with Crippen LogP contribution in [0.5, 0.6) is 5.75 Å². The second-order valence-corrected chi connectivity index (χ2v) is 9.05. The standard InChI is InChI=1S/C26H25Cl2NO5/c1-5-33-25(30)22-14(3)29-19-12-20(15-6-9-18(28)21(11-15)32-4)34-26(31)24(19)23(22)17-8-7-16(27)10-13(17)2/h6-11,20,23,29H,5,12H2,1-4H3. The van der Waals surface area contributed by atoms with Crippen LogP contribution in [0.15, 0.2) is 58.9 Å². The van der Waals surface area contributed by atoms with Gasteiger partial charge in [-0.1, -0.05) is 35.3 Å². The number of hydrogen-bond acceptors (Lipinski definition) is 6. The number of allylic oxidation sites excluding steroid dienone is 1. The van der Waals surface area contributed by atoms with Gasteiger partial charge in [0, 0.05) is 22.8 Å². The molecular formula is C26H25Cl2NO5. The number of carbonyl (C=O) groups excluding carboxylic acids is 2. The van der Waals surface area contributed by atoms with Crippen molar-refractivity contribution in [1.82, 2.24) is 5.32 Å². The molecule has 0 saturated heterocycles. The molecule has 2 aromatic rings. The third kappa shape index (κ3) is 4.40. The molecule has 2 unspecified atom stereocenters. The molecule has 34 heavy (non-hydrogen) atoms. The Morgan fingerprint density at radius 2 is 1.94 bits per heavy atom. The van der Waals surface area contributed by atoms with Gasteiger partial charge in [-0.05, 0) is 61.7 Å². The summed E-state index contributed by atoms with van der Waals surface area (Å²) in [5, 5.41) is 4.33. The summed E-state index contributed by atoms with van der Waals surface area (Å²) in [6, 6.07) is 10.7. The zero-order chi connectivity index (χ0) is 24.6. The topological polar surface area (TPSA) is 73.9 Å². The maximum absolute atomic E-state index is 13.5. The van der Waals surface area contributed by atoms with Crippen molar-refractivity contribution >= 4 is 35.1 Å². The van der Waals surface area contributed by atoms with Gasteiger partial charge in [-0.25, -0.2) is 9.59 Å². The minimum atomic E-state index is -0.638. The Morgan fingerprint density at radius 3 is 2.62 bits per heavy atom. The molecule has 2 aliphatic heterocycles. The van der Waals surface area contributed by atoms with Crippen LogP contribution < -0.4 is 10.1 Å². The van der Waals surface area contributed by atoms with Crippen molar-refractivity contribution < 1.29 is 23.8 Å². The molecule has 0 amide bonds. The molecule has 0 bridgehead atoms. The lowest BCUT2D eigenvalue weighted by Gasteiger charge is -2.37. The number of ether oxygens (including phenoxy) is 3. The Kier molecular flexibility index (Phi) is 6.91. The summed E-state index contributed by atoms with van der Waals surface area (Å²) in [7, 11) is 1.53. The van der Waals surface area contributed by atoms with E-state index in [0.29, 0.717) is 44.8 Å². The average Bonchev–Trinajstić information content (AvgIpc) is 2.78. The molecule has 0 aliphatic carbocycles. The molecule has 6 nitrogen and oxygen atoms in total. The molecule has 2 atom stereocenters. The summed E-state index contributed by atoms with van der Waals surface area (Å²) >= 11 is 12.3. The minimum Gasteiger partial charge on any atom is -0.495 e. The molecule has 1 N–H and O–H groups in total. The highest BCUT2D eigenvalue weighted by Gasteiger charge is 2.43. The number of nitrogens with one attached hydrogen (secondary N) is 1. The summed E-state index contributed by atoms with van der Waals surface area (Å²) in [6.45, 7) is 5.68. The number of hydrogen-bond donors (Lipinski definition) is 1. The van der Waals surface area contributed by atoms with E-state index in [1.165, 1.54) is 7.11 Å². The normalized spacial score (nSPS) is 19.9. The van der Waals surface area contributed by atoms with E-state index >= 15 is 0 Å². The highest BCUT2D eigenvalue weighted by atomic mass is 35.5. The van der Waals surface area contributed by atoms with Gasteiger partial charge >= 0.3 is 11.9 Å². The summed E-state index contributed by atoms with van der Waals surface area (Å²) < 4.78 is 16.5. The van der Waals surface area contributed by atoms with Gasteiger partial charge in [0.1, 0.15) is 11.9 Å². The zero-order valence-electron chi connectivity index (χ0n) is 19.3. The second-order valence-electron chi connectivity index (χ2n) is 8.20. The van der Waals surface area contributed by atoms with Crippen LogP contribution in [0.4, 0.5) is 0 Å². The molecular weight excluding hydrogens is 477 g/mol. The predicted octanol–water partition coefficient (Wildman–Crippen LogP) is 5.78. The first-order valence-corrected chi connectivity index (χ1v) is 11.7. The lowest BCUT2D eigenvalue weighted by Crippen LogP contribution is -2.37. The van der Waals surface area contributed by atoms with Crippen molar-refractivity contribution in [3.63, 3.8) is 0 Å². The average molecular weight is 502 g/mol. The van der Waals surface area contributed by atoms with Gasteiger partial charge in [0.25, 0.3) is 0 Å². The lowest BCUT2D eigenvalue weighted by atomic mass is 9.77. The highest BCUT2D eigenvalue weighted by molar-refractivity contribution is 6.32. The molecule has 2 aliphatic rings. The number of carbonyl (C=O) groups is 2. The van der Waals surface area contributed by atoms with Crippen LogP contribution in [0, 0.1) is 6.92 Å². The molecule has 2 aromatic carbocycles. The van der Waals surface area contributed by atoms with Crippen molar-refractivity contribution in [3.05, 3.63) is 85.7 Å². The third-order valence-electron chi connectivity index (χ3n) is 6.09. The van der Waals surface area contributed by atoms with Crippen molar-refractivity contribution in [2.45, 2.75) is 39.2 Å². The van der Waals surface area contributed by atoms with E-state index in [1.54, 1.807) is 25.1 Å². The Bertz CT molecular complexity index is 1230. The van der Waals surface area contributed by atoms with Crippen LogP contribution in [0.25, 0.3) is 0 Å². The smallest absolute Gasteiger partial charge is 0.337 e. The Morgan fingerprint density at radius 1 is 1.18 bits per heavy atom. The molecule has 8 heteroatoms. The third-order valence-corrected chi connectivity index (χ3v) is 6.64. The van der Waals surface area contributed by atoms with Crippen molar-refractivity contribution in [2.24, 2.45) is 0 Å². The predicted molar refractivity (Wildman–Crippen MR) is 130 cm³/mol. The number of methoxy groups -OCH3 is 1. The first-order chi connectivity index (χ1) is 16.2. The first kappa shape index (κ1) is 24.2. The maximum atomic E-state index is 13.5. The number of halogens is 2.